The maximum absolute atomic E-state index is 4.62. The standard InChI is InChI=1S/C13H12N2/c1-9-5-6-10-12(8-9)14-11-4-3-7-15(2)13(10)11/h3-8H,1-2H3. The van der Waals surface area contributed by atoms with Crippen LogP contribution >= 0.6 is 0 Å². The van der Waals surface area contributed by atoms with Gasteiger partial charge in [0.25, 0.3) is 0 Å². The molecule has 2 heteroatoms. The first-order valence-electron chi connectivity index (χ1n) is 5.07. The fourth-order valence-corrected chi connectivity index (χ4v) is 2.08. The zero-order valence-electron chi connectivity index (χ0n) is 8.86. The van der Waals surface area contributed by atoms with Crippen molar-refractivity contribution in [2.24, 2.45) is 7.05 Å². The van der Waals surface area contributed by atoms with E-state index in [2.05, 4.69) is 54.0 Å². The number of aryl methyl sites for hydroxylation is 2. The van der Waals surface area contributed by atoms with Gasteiger partial charge in [-0.1, -0.05) is 12.1 Å². The van der Waals surface area contributed by atoms with Gasteiger partial charge in [0.1, 0.15) is 0 Å². The molecule has 15 heavy (non-hydrogen) atoms. The minimum Gasteiger partial charge on any atom is -0.349 e. The average Bonchev–Trinajstić information content (AvgIpc) is 2.56. The average molecular weight is 196 g/mol. The van der Waals surface area contributed by atoms with Crippen molar-refractivity contribution in [1.29, 1.82) is 0 Å². The van der Waals surface area contributed by atoms with Crippen LogP contribution < -0.4 is 0 Å². The third kappa shape index (κ3) is 1.14. The summed E-state index contributed by atoms with van der Waals surface area (Å²) in [5.74, 6) is 0. The van der Waals surface area contributed by atoms with E-state index in [0.717, 1.165) is 11.2 Å². The van der Waals surface area contributed by atoms with Gasteiger partial charge in [-0.25, -0.2) is 4.98 Å². The summed E-state index contributed by atoms with van der Waals surface area (Å²) in [7, 11) is 2.06. The largest absolute Gasteiger partial charge is 0.349 e. The van der Waals surface area contributed by atoms with Crippen LogP contribution in [-0.2, 0) is 7.05 Å². The Labute approximate surface area is 88.5 Å². The van der Waals surface area contributed by atoms with Gasteiger partial charge >= 0.3 is 0 Å². The van der Waals surface area contributed by atoms with Gasteiger partial charge in [0.15, 0.2) is 0 Å². The molecule has 0 N–H and O–H groups in total. The quantitative estimate of drug-likeness (QED) is 0.540. The van der Waals surface area contributed by atoms with Crippen molar-refractivity contribution in [1.82, 2.24) is 9.55 Å². The van der Waals surface area contributed by atoms with Gasteiger partial charge < -0.3 is 4.57 Å². The van der Waals surface area contributed by atoms with E-state index in [0.29, 0.717) is 0 Å². The van der Waals surface area contributed by atoms with Crippen molar-refractivity contribution < 1.29 is 0 Å². The molecule has 0 unspecified atom stereocenters. The van der Waals surface area contributed by atoms with E-state index in [-0.39, 0.29) is 0 Å². The molecule has 0 bridgehead atoms. The number of aromatic nitrogens is 2. The predicted octanol–water partition coefficient (Wildman–Crippen LogP) is 2.99. The maximum atomic E-state index is 4.62. The highest BCUT2D eigenvalue weighted by Gasteiger charge is 2.12. The van der Waals surface area contributed by atoms with Crippen molar-refractivity contribution in [3.8, 4) is 11.4 Å². The fourth-order valence-electron chi connectivity index (χ4n) is 2.08. The first-order chi connectivity index (χ1) is 7.25. The predicted molar refractivity (Wildman–Crippen MR) is 62.1 cm³/mol. The molecule has 2 nitrogen and oxygen atoms in total. The number of hydrogen-bond acceptors (Lipinski definition) is 1. The van der Waals surface area contributed by atoms with Crippen LogP contribution in [0.1, 0.15) is 5.56 Å². The highest BCUT2D eigenvalue weighted by Crippen LogP contribution is 2.30. The fraction of sp³-hybridized carbons (Fsp3) is 0.154. The van der Waals surface area contributed by atoms with Crippen LogP contribution in [-0.4, -0.2) is 9.55 Å². The Hall–Kier alpha value is -1.83. The molecule has 74 valence electrons. The van der Waals surface area contributed by atoms with Crippen LogP contribution in [0.15, 0.2) is 36.5 Å². The van der Waals surface area contributed by atoms with E-state index >= 15 is 0 Å². The lowest BCUT2D eigenvalue weighted by atomic mass is 10.1. The summed E-state index contributed by atoms with van der Waals surface area (Å²) in [4.78, 5) is 4.62. The van der Waals surface area contributed by atoms with E-state index in [1.807, 2.05) is 6.07 Å². The van der Waals surface area contributed by atoms with Crippen molar-refractivity contribution in [2.75, 3.05) is 0 Å². The van der Waals surface area contributed by atoms with Gasteiger partial charge in [-0.15, -0.1) is 0 Å². The Bertz CT molecular complexity index is 607. The lowest BCUT2D eigenvalue weighted by molar-refractivity contribution is 0.918. The minimum atomic E-state index is 1.07. The molecule has 0 aliphatic carbocycles. The summed E-state index contributed by atoms with van der Waals surface area (Å²) in [5, 5.41) is 1.23. The third-order valence-corrected chi connectivity index (χ3v) is 2.81. The van der Waals surface area contributed by atoms with E-state index < -0.39 is 0 Å². The Kier molecular flexibility index (Phi) is 1.60. The van der Waals surface area contributed by atoms with Crippen molar-refractivity contribution >= 4 is 10.9 Å². The van der Waals surface area contributed by atoms with Crippen molar-refractivity contribution in [2.45, 2.75) is 6.92 Å². The second-order valence-corrected chi connectivity index (χ2v) is 3.99. The molecule has 0 amide bonds. The molecular formula is C13H12N2. The second kappa shape index (κ2) is 2.83. The zero-order valence-corrected chi connectivity index (χ0v) is 8.86. The Morgan fingerprint density at radius 1 is 1.20 bits per heavy atom. The molecule has 0 radical (unpaired) electrons. The molecule has 0 atom stereocenters. The lowest BCUT2D eigenvalue weighted by Gasteiger charge is -2.05. The van der Waals surface area contributed by atoms with Gasteiger partial charge in [0, 0.05) is 18.6 Å². The molecule has 1 aromatic rings. The van der Waals surface area contributed by atoms with Gasteiger partial charge in [0.05, 0.1) is 16.9 Å². The first kappa shape index (κ1) is 8.48. The van der Waals surface area contributed by atoms with Crippen LogP contribution in [0.2, 0.25) is 0 Å². The molecule has 2 aliphatic rings. The highest BCUT2D eigenvalue weighted by molar-refractivity contribution is 5.95. The number of fused-ring (bicyclic) bond motifs is 3. The SMILES string of the molecule is Cc1ccc2c3n(C)cccc-3nc2c1. The van der Waals surface area contributed by atoms with Crippen LogP contribution in [0, 0.1) is 6.92 Å². The van der Waals surface area contributed by atoms with Crippen molar-refractivity contribution in [3.05, 3.63) is 42.1 Å². The van der Waals surface area contributed by atoms with Crippen LogP contribution in [0.4, 0.5) is 0 Å². The Balaban J connectivity index is 2.52. The summed E-state index contributed by atoms with van der Waals surface area (Å²) in [5.41, 5.74) is 4.63. The number of rotatable bonds is 0. The Morgan fingerprint density at radius 2 is 2.07 bits per heavy atom. The van der Waals surface area contributed by atoms with E-state index in [1.165, 1.54) is 16.6 Å². The van der Waals surface area contributed by atoms with Gasteiger partial charge in [-0.3, -0.25) is 0 Å². The first-order valence-corrected chi connectivity index (χ1v) is 5.07. The van der Waals surface area contributed by atoms with Gasteiger partial charge in [0.2, 0.25) is 0 Å². The molecule has 0 fully saturated rings. The summed E-state index contributed by atoms with van der Waals surface area (Å²) >= 11 is 0. The summed E-state index contributed by atoms with van der Waals surface area (Å²) in [6.45, 7) is 2.10. The third-order valence-electron chi connectivity index (χ3n) is 2.81. The van der Waals surface area contributed by atoms with Gasteiger partial charge in [-0.2, -0.15) is 0 Å². The molecule has 3 rings (SSSR count). The summed E-state index contributed by atoms with van der Waals surface area (Å²) in [6, 6.07) is 10.5. The van der Waals surface area contributed by atoms with Crippen LogP contribution in [0.3, 0.4) is 0 Å². The molecule has 0 saturated heterocycles. The smallest absolute Gasteiger partial charge is 0.0881 e. The molecule has 0 spiro atoms. The van der Waals surface area contributed by atoms with Crippen LogP contribution in [0.5, 0.6) is 0 Å². The molecular weight excluding hydrogens is 184 g/mol. The van der Waals surface area contributed by atoms with Gasteiger partial charge in [-0.05, 0) is 30.7 Å². The topological polar surface area (TPSA) is 17.8 Å². The molecule has 1 aromatic carbocycles. The molecule has 0 saturated carbocycles. The Morgan fingerprint density at radius 3 is 2.93 bits per heavy atom. The van der Waals surface area contributed by atoms with Crippen LogP contribution in [0.25, 0.3) is 22.3 Å². The maximum Gasteiger partial charge on any atom is 0.0881 e. The summed E-state index contributed by atoms with van der Waals surface area (Å²) in [6.07, 6.45) is 2.06. The van der Waals surface area contributed by atoms with Crippen molar-refractivity contribution in [3.63, 3.8) is 0 Å². The van der Waals surface area contributed by atoms with E-state index in [1.54, 1.807) is 0 Å². The number of hydrogen-bond donors (Lipinski definition) is 0. The highest BCUT2D eigenvalue weighted by atomic mass is 15.0. The zero-order chi connectivity index (χ0) is 10.4. The lowest BCUT2D eigenvalue weighted by Crippen LogP contribution is -1.94. The second-order valence-electron chi connectivity index (χ2n) is 3.99. The monoisotopic (exact) mass is 196 g/mol. The van der Waals surface area contributed by atoms with E-state index in [9.17, 15) is 0 Å². The number of pyridine rings is 1. The molecule has 0 aromatic heterocycles. The minimum absolute atomic E-state index is 1.07. The molecule has 2 heterocycles. The summed E-state index contributed by atoms with van der Waals surface area (Å²) < 4.78 is 2.12. The number of nitrogens with zero attached hydrogens (tertiary/aromatic N) is 2. The molecule has 2 aliphatic heterocycles. The normalized spacial score (nSPS) is 11.3. The number of benzene rings is 1. The van der Waals surface area contributed by atoms with E-state index in [4.69, 9.17) is 0 Å².